The van der Waals surface area contributed by atoms with Crippen molar-refractivity contribution < 1.29 is 9.47 Å². The molecular weight excluding hydrogens is 222 g/mol. The van der Waals surface area contributed by atoms with Gasteiger partial charge in [0.25, 0.3) is 0 Å². The molecule has 2 rings (SSSR count). The van der Waals surface area contributed by atoms with Crippen LogP contribution in [0, 0.1) is 0 Å². The van der Waals surface area contributed by atoms with Gasteiger partial charge >= 0.3 is 0 Å². The van der Waals surface area contributed by atoms with E-state index in [1.165, 1.54) is 25.7 Å². The highest BCUT2D eigenvalue weighted by atomic mass is 32.2. The predicted octanol–water partition coefficient (Wildman–Crippen LogP) is 1.67. The lowest BCUT2D eigenvalue weighted by atomic mass is 10.0. The summed E-state index contributed by atoms with van der Waals surface area (Å²) in [6.07, 6.45) is 5.74. The van der Waals surface area contributed by atoms with Gasteiger partial charge in [0.2, 0.25) is 0 Å². The highest BCUT2D eigenvalue weighted by Crippen LogP contribution is 2.22. The molecule has 2 saturated heterocycles. The molecule has 2 fully saturated rings. The van der Waals surface area contributed by atoms with E-state index in [9.17, 15) is 0 Å². The van der Waals surface area contributed by atoms with Gasteiger partial charge in [0.15, 0.2) is 0 Å². The molecule has 2 heterocycles. The van der Waals surface area contributed by atoms with Gasteiger partial charge in [0.05, 0.1) is 18.8 Å². The minimum Gasteiger partial charge on any atom is -0.378 e. The molecule has 0 saturated carbocycles. The van der Waals surface area contributed by atoms with Crippen molar-refractivity contribution in [3.8, 4) is 0 Å². The number of ether oxygens (including phenoxy) is 2. The molecule has 0 aromatic heterocycles. The topological polar surface area (TPSA) is 30.5 Å². The van der Waals surface area contributed by atoms with Gasteiger partial charge in [-0.3, -0.25) is 0 Å². The van der Waals surface area contributed by atoms with Crippen molar-refractivity contribution in [1.82, 2.24) is 5.32 Å². The Kier molecular flexibility index (Phi) is 5.42. The lowest BCUT2D eigenvalue weighted by molar-refractivity contribution is 0.0387. The molecule has 4 heteroatoms. The van der Waals surface area contributed by atoms with Crippen LogP contribution < -0.4 is 5.32 Å². The van der Waals surface area contributed by atoms with Crippen LogP contribution in [0.3, 0.4) is 0 Å². The Morgan fingerprint density at radius 3 is 2.94 bits per heavy atom. The van der Waals surface area contributed by atoms with E-state index in [2.05, 4.69) is 5.32 Å². The fourth-order valence-electron chi connectivity index (χ4n) is 2.49. The maximum Gasteiger partial charge on any atom is 0.0818 e. The normalized spacial score (nSPS) is 32.8. The largest absolute Gasteiger partial charge is 0.378 e. The van der Waals surface area contributed by atoms with Gasteiger partial charge < -0.3 is 14.8 Å². The Labute approximate surface area is 103 Å². The van der Waals surface area contributed by atoms with Gasteiger partial charge in [-0.15, -0.1) is 0 Å². The lowest BCUT2D eigenvalue weighted by Crippen LogP contribution is -2.43. The molecule has 3 unspecified atom stereocenters. The lowest BCUT2D eigenvalue weighted by Gasteiger charge is -2.30. The van der Waals surface area contributed by atoms with E-state index >= 15 is 0 Å². The van der Waals surface area contributed by atoms with Gasteiger partial charge in [-0.05, 0) is 32.7 Å². The smallest absolute Gasteiger partial charge is 0.0818 e. The number of thioether (sulfide) groups is 1. The predicted molar refractivity (Wildman–Crippen MR) is 68.1 cm³/mol. The SMILES string of the molecule is CNC(CCC1CCCO1)C1CSCCO1. The molecule has 0 radical (unpaired) electrons. The molecule has 0 bridgehead atoms. The zero-order valence-electron chi connectivity index (χ0n) is 10.1. The van der Waals surface area contributed by atoms with Gasteiger partial charge in [-0.2, -0.15) is 11.8 Å². The van der Waals surface area contributed by atoms with Crippen molar-refractivity contribution in [2.75, 3.05) is 31.8 Å². The van der Waals surface area contributed by atoms with E-state index < -0.39 is 0 Å². The number of nitrogens with one attached hydrogen (secondary N) is 1. The fraction of sp³-hybridized carbons (Fsp3) is 1.00. The summed E-state index contributed by atoms with van der Waals surface area (Å²) >= 11 is 2.01. The summed E-state index contributed by atoms with van der Waals surface area (Å²) in [4.78, 5) is 0. The summed E-state index contributed by atoms with van der Waals surface area (Å²) in [5.74, 6) is 2.29. The monoisotopic (exact) mass is 245 g/mol. The standard InChI is InChI=1S/C12H23NO2S/c1-13-11(12-9-16-8-7-15-12)5-4-10-3-2-6-14-10/h10-13H,2-9H2,1H3. The minimum atomic E-state index is 0.394. The Morgan fingerprint density at radius 1 is 1.38 bits per heavy atom. The average molecular weight is 245 g/mol. The molecule has 2 aliphatic heterocycles. The van der Waals surface area contributed by atoms with Crippen LogP contribution in [0.5, 0.6) is 0 Å². The average Bonchev–Trinajstić information content (AvgIpc) is 2.84. The Balaban J connectivity index is 1.70. The summed E-state index contributed by atoms with van der Waals surface area (Å²) in [6, 6.07) is 0.497. The first kappa shape index (κ1) is 12.7. The van der Waals surface area contributed by atoms with Gasteiger partial charge in [-0.1, -0.05) is 0 Å². The quantitative estimate of drug-likeness (QED) is 0.798. The Morgan fingerprint density at radius 2 is 2.31 bits per heavy atom. The second-order valence-electron chi connectivity index (χ2n) is 4.59. The zero-order chi connectivity index (χ0) is 11.2. The summed E-state index contributed by atoms with van der Waals surface area (Å²) in [6.45, 7) is 1.87. The minimum absolute atomic E-state index is 0.394. The number of likely N-dealkylation sites (N-methyl/N-ethyl adjacent to an activating group) is 1. The van der Waals surface area contributed by atoms with E-state index in [0.29, 0.717) is 18.2 Å². The van der Waals surface area contributed by atoms with Crippen molar-refractivity contribution in [2.45, 2.75) is 43.9 Å². The van der Waals surface area contributed by atoms with E-state index in [-0.39, 0.29) is 0 Å². The third-order valence-electron chi connectivity index (χ3n) is 3.48. The van der Waals surface area contributed by atoms with Crippen LogP contribution in [-0.4, -0.2) is 50.0 Å². The van der Waals surface area contributed by atoms with Crippen molar-refractivity contribution in [1.29, 1.82) is 0 Å². The van der Waals surface area contributed by atoms with Crippen LogP contribution in [0.4, 0.5) is 0 Å². The zero-order valence-corrected chi connectivity index (χ0v) is 10.9. The number of rotatable bonds is 5. The van der Waals surface area contributed by atoms with E-state index in [1.807, 2.05) is 18.8 Å². The molecule has 0 spiro atoms. The van der Waals surface area contributed by atoms with Crippen LogP contribution in [-0.2, 0) is 9.47 Å². The molecule has 0 aliphatic carbocycles. The molecule has 3 atom stereocenters. The molecule has 16 heavy (non-hydrogen) atoms. The first-order valence-corrected chi connectivity index (χ1v) is 7.54. The molecule has 2 aliphatic rings. The van der Waals surface area contributed by atoms with Gasteiger partial charge in [0, 0.05) is 24.2 Å². The van der Waals surface area contributed by atoms with Crippen molar-refractivity contribution in [2.24, 2.45) is 0 Å². The fourth-order valence-corrected chi connectivity index (χ4v) is 3.43. The number of hydrogen-bond donors (Lipinski definition) is 1. The summed E-state index contributed by atoms with van der Waals surface area (Å²) < 4.78 is 11.5. The first-order valence-electron chi connectivity index (χ1n) is 6.38. The maximum atomic E-state index is 5.82. The molecule has 1 N–H and O–H groups in total. The summed E-state index contributed by atoms with van der Waals surface area (Å²) in [7, 11) is 2.04. The second kappa shape index (κ2) is 6.84. The summed E-state index contributed by atoms with van der Waals surface area (Å²) in [5.41, 5.74) is 0. The first-order chi connectivity index (χ1) is 7.90. The van der Waals surface area contributed by atoms with Crippen molar-refractivity contribution >= 4 is 11.8 Å². The third kappa shape index (κ3) is 3.62. The van der Waals surface area contributed by atoms with Gasteiger partial charge in [-0.25, -0.2) is 0 Å². The molecule has 3 nitrogen and oxygen atoms in total. The number of hydrogen-bond acceptors (Lipinski definition) is 4. The molecule has 0 aromatic rings. The molecule has 0 amide bonds. The van der Waals surface area contributed by atoms with Crippen molar-refractivity contribution in [3.63, 3.8) is 0 Å². The highest BCUT2D eigenvalue weighted by Gasteiger charge is 2.25. The van der Waals surface area contributed by atoms with Crippen LogP contribution in [0.1, 0.15) is 25.7 Å². The third-order valence-corrected chi connectivity index (χ3v) is 4.50. The second-order valence-corrected chi connectivity index (χ2v) is 5.74. The van der Waals surface area contributed by atoms with Crippen molar-refractivity contribution in [3.05, 3.63) is 0 Å². The van der Waals surface area contributed by atoms with Crippen LogP contribution in [0.25, 0.3) is 0 Å². The summed E-state index contributed by atoms with van der Waals surface area (Å²) in [5, 5.41) is 3.40. The molecule has 94 valence electrons. The van der Waals surface area contributed by atoms with Crippen LogP contribution in [0.15, 0.2) is 0 Å². The van der Waals surface area contributed by atoms with Gasteiger partial charge in [0.1, 0.15) is 0 Å². The molecular formula is C12H23NO2S. The Hall–Kier alpha value is 0.230. The Bertz CT molecular complexity index is 191. The maximum absolute atomic E-state index is 5.82. The van der Waals surface area contributed by atoms with E-state index in [0.717, 1.165) is 24.7 Å². The van der Waals surface area contributed by atoms with E-state index in [4.69, 9.17) is 9.47 Å². The van der Waals surface area contributed by atoms with Crippen LogP contribution in [0.2, 0.25) is 0 Å². The van der Waals surface area contributed by atoms with E-state index in [1.54, 1.807) is 0 Å². The highest BCUT2D eigenvalue weighted by molar-refractivity contribution is 7.99. The van der Waals surface area contributed by atoms with Crippen LogP contribution >= 0.6 is 11.8 Å². The molecule has 0 aromatic carbocycles.